The van der Waals surface area contributed by atoms with Crippen LogP contribution in [0.2, 0.25) is 0 Å². The first-order valence-corrected chi connectivity index (χ1v) is 20.9. The molecule has 0 saturated heterocycles. The first-order chi connectivity index (χ1) is 29.2. The van der Waals surface area contributed by atoms with Crippen molar-refractivity contribution in [3.63, 3.8) is 0 Å². The van der Waals surface area contributed by atoms with E-state index in [0.29, 0.717) is 0 Å². The quantitative estimate of drug-likeness (QED) is 0.157. The highest BCUT2D eigenvalue weighted by Crippen LogP contribution is 2.48. The van der Waals surface area contributed by atoms with E-state index in [0.717, 1.165) is 50.1 Å². The van der Waals surface area contributed by atoms with Gasteiger partial charge in [0.15, 0.2) is 0 Å². The molecule has 0 fully saturated rings. The van der Waals surface area contributed by atoms with Gasteiger partial charge in [-0.1, -0.05) is 164 Å². The van der Waals surface area contributed by atoms with Crippen molar-refractivity contribution in [2.45, 2.75) is 0 Å². The van der Waals surface area contributed by atoms with Crippen LogP contribution in [0, 0.1) is 0 Å². The van der Waals surface area contributed by atoms with Gasteiger partial charge in [-0.25, -0.2) is 0 Å². The standard InChI is InChI=1S/C56H35NOS/c1-2-11-36(12-3-1)37-21-23-39(24-22-37)45-33-34-51(54-49-16-6-8-19-52(49)58-55(45)54)57(43-32-29-41-26-25-38-13-4-5-14-44(38)50(41)35-43)42-30-27-40(28-31-42)46-17-10-18-48-47-15-7-9-20-53(47)59-56(46)48/h1-35H. The van der Waals surface area contributed by atoms with E-state index in [4.69, 9.17) is 4.42 Å². The Morgan fingerprint density at radius 1 is 0.373 bits per heavy atom. The normalized spacial score (nSPS) is 11.7. The fourth-order valence-corrected chi connectivity index (χ4v) is 10.3. The molecular weight excluding hydrogens is 735 g/mol. The van der Waals surface area contributed by atoms with E-state index in [9.17, 15) is 0 Å². The number of nitrogens with zero attached hydrogens (tertiary/aromatic N) is 1. The smallest absolute Gasteiger partial charge is 0.145 e. The van der Waals surface area contributed by atoms with Gasteiger partial charge < -0.3 is 9.32 Å². The van der Waals surface area contributed by atoms with E-state index in [1.54, 1.807) is 0 Å². The molecule has 59 heavy (non-hydrogen) atoms. The summed E-state index contributed by atoms with van der Waals surface area (Å²) in [5.41, 5.74) is 12.0. The Labute approximate surface area is 345 Å². The van der Waals surface area contributed by atoms with Gasteiger partial charge in [0.25, 0.3) is 0 Å². The summed E-state index contributed by atoms with van der Waals surface area (Å²) in [7, 11) is 0. The van der Waals surface area contributed by atoms with E-state index in [1.165, 1.54) is 64.0 Å². The zero-order chi connectivity index (χ0) is 38.9. The molecule has 0 radical (unpaired) electrons. The van der Waals surface area contributed by atoms with Gasteiger partial charge >= 0.3 is 0 Å². The van der Waals surface area contributed by atoms with Crippen LogP contribution < -0.4 is 4.90 Å². The summed E-state index contributed by atoms with van der Waals surface area (Å²) in [5, 5.41) is 9.71. The van der Waals surface area contributed by atoms with Crippen LogP contribution in [0.3, 0.4) is 0 Å². The average molecular weight is 770 g/mol. The Morgan fingerprint density at radius 2 is 0.983 bits per heavy atom. The van der Waals surface area contributed by atoms with Crippen molar-refractivity contribution in [1.29, 1.82) is 0 Å². The maximum atomic E-state index is 6.86. The third-order valence-electron chi connectivity index (χ3n) is 11.9. The number of hydrogen-bond donors (Lipinski definition) is 0. The fraction of sp³-hybridized carbons (Fsp3) is 0. The van der Waals surface area contributed by atoms with Gasteiger partial charge in [-0.2, -0.15) is 0 Å². The Bertz CT molecular complexity index is 3540. The van der Waals surface area contributed by atoms with Gasteiger partial charge in [-0.3, -0.25) is 0 Å². The lowest BCUT2D eigenvalue weighted by Gasteiger charge is -2.27. The van der Waals surface area contributed by atoms with E-state index in [1.807, 2.05) is 11.3 Å². The minimum absolute atomic E-state index is 0.869. The van der Waals surface area contributed by atoms with Gasteiger partial charge in [-0.05, 0) is 97.9 Å². The number of thiophene rings is 1. The third-order valence-corrected chi connectivity index (χ3v) is 13.1. The van der Waals surface area contributed by atoms with Gasteiger partial charge in [0.05, 0.1) is 11.1 Å². The van der Waals surface area contributed by atoms with Crippen LogP contribution in [-0.4, -0.2) is 0 Å². The molecule has 0 saturated carbocycles. The molecular formula is C56H35NOS. The lowest BCUT2D eigenvalue weighted by atomic mass is 9.97. The van der Waals surface area contributed by atoms with E-state index >= 15 is 0 Å². The topological polar surface area (TPSA) is 16.4 Å². The minimum Gasteiger partial charge on any atom is -0.455 e. The van der Waals surface area contributed by atoms with Gasteiger partial charge in [0.2, 0.25) is 0 Å². The van der Waals surface area contributed by atoms with Crippen LogP contribution in [0.5, 0.6) is 0 Å². The summed E-state index contributed by atoms with van der Waals surface area (Å²) in [6, 6.07) is 76.9. The van der Waals surface area contributed by atoms with Gasteiger partial charge in [0.1, 0.15) is 11.2 Å². The second-order valence-corrected chi connectivity index (χ2v) is 16.3. The Balaban J connectivity index is 1.07. The molecule has 12 rings (SSSR count). The second-order valence-electron chi connectivity index (χ2n) is 15.2. The number of furan rings is 1. The highest BCUT2D eigenvalue weighted by Gasteiger charge is 2.23. The molecule has 2 heterocycles. The highest BCUT2D eigenvalue weighted by atomic mass is 32.1. The second kappa shape index (κ2) is 13.6. The summed E-state index contributed by atoms with van der Waals surface area (Å²) >= 11 is 1.87. The number of anilines is 3. The molecule has 2 aromatic heterocycles. The first-order valence-electron chi connectivity index (χ1n) is 20.1. The lowest BCUT2D eigenvalue weighted by Crippen LogP contribution is -2.10. The van der Waals surface area contributed by atoms with Crippen molar-refractivity contribution in [3.8, 4) is 33.4 Å². The van der Waals surface area contributed by atoms with Crippen LogP contribution in [0.25, 0.3) is 97.0 Å². The molecule has 276 valence electrons. The summed E-state index contributed by atoms with van der Waals surface area (Å²) < 4.78 is 9.49. The SMILES string of the molecule is c1ccc(-c2ccc(-c3ccc(N(c4ccc(-c5cccc6c5sc5ccccc56)cc4)c4ccc5ccc6ccccc6c5c4)c4c3oc3ccccc34)cc2)cc1. The van der Waals surface area contributed by atoms with Gasteiger partial charge in [0, 0.05) is 42.5 Å². The molecule has 0 atom stereocenters. The molecule has 0 unspecified atom stereocenters. The third kappa shape index (κ3) is 5.55. The average Bonchev–Trinajstić information content (AvgIpc) is 3.89. The molecule has 12 aromatic rings. The van der Waals surface area contributed by atoms with Crippen molar-refractivity contribution in [2.75, 3.05) is 4.90 Å². The van der Waals surface area contributed by atoms with E-state index < -0.39 is 0 Å². The summed E-state index contributed by atoms with van der Waals surface area (Å²) in [6.07, 6.45) is 0. The summed E-state index contributed by atoms with van der Waals surface area (Å²) in [5.74, 6) is 0. The molecule has 0 N–H and O–H groups in total. The molecule has 0 bridgehead atoms. The number of fused-ring (bicyclic) bond motifs is 9. The molecule has 10 aromatic carbocycles. The molecule has 0 spiro atoms. The number of hydrogen-bond acceptors (Lipinski definition) is 3. The van der Waals surface area contributed by atoms with Crippen LogP contribution in [0.4, 0.5) is 17.1 Å². The molecule has 0 aliphatic carbocycles. The van der Waals surface area contributed by atoms with Crippen molar-refractivity contribution in [3.05, 3.63) is 212 Å². The van der Waals surface area contributed by atoms with Crippen LogP contribution in [-0.2, 0) is 0 Å². The van der Waals surface area contributed by atoms with Crippen LogP contribution in [0.15, 0.2) is 217 Å². The van der Waals surface area contributed by atoms with Crippen LogP contribution >= 0.6 is 11.3 Å². The predicted octanol–water partition coefficient (Wildman–Crippen LogP) is 16.7. The molecule has 0 amide bonds. The summed E-state index contributed by atoms with van der Waals surface area (Å²) in [4.78, 5) is 2.41. The highest BCUT2D eigenvalue weighted by molar-refractivity contribution is 7.26. The maximum absolute atomic E-state index is 6.86. The lowest BCUT2D eigenvalue weighted by molar-refractivity contribution is 0.670. The molecule has 3 heteroatoms. The number of benzene rings is 10. The van der Waals surface area contributed by atoms with Crippen molar-refractivity contribution in [1.82, 2.24) is 0 Å². The number of rotatable bonds is 6. The molecule has 0 aliphatic rings. The molecule has 2 nitrogen and oxygen atoms in total. The zero-order valence-corrected chi connectivity index (χ0v) is 32.8. The Hall–Kier alpha value is -7.46. The van der Waals surface area contributed by atoms with Crippen molar-refractivity contribution in [2.24, 2.45) is 0 Å². The van der Waals surface area contributed by atoms with Crippen LogP contribution in [0.1, 0.15) is 0 Å². The predicted molar refractivity (Wildman–Crippen MR) is 253 cm³/mol. The molecule has 0 aliphatic heterocycles. The Kier molecular flexibility index (Phi) is 7.75. The minimum atomic E-state index is 0.869. The van der Waals surface area contributed by atoms with Crippen molar-refractivity contribution >= 4 is 92.1 Å². The number of para-hydroxylation sites is 1. The maximum Gasteiger partial charge on any atom is 0.145 e. The van der Waals surface area contributed by atoms with Crippen molar-refractivity contribution < 1.29 is 4.42 Å². The monoisotopic (exact) mass is 769 g/mol. The van der Waals surface area contributed by atoms with E-state index in [2.05, 4.69) is 217 Å². The zero-order valence-electron chi connectivity index (χ0n) is 32.0. The Morgan fingerprint density at radius 3 is 1.83 bits per heavy atom. The summed E-state index contributed by atoms with van der Waals surface area (Å²) in [6.45, 7) is 0. The fourth-order valence-electron chi connectivity index (χ4n) is 9.02. The van der Waals surface area contributed by atoms with E-state index in [-0.39, 0.29) is 0 Å². The van der Waals surface area contributed by atoms with Gasteiger partial charge in [-0.15, -0.1) is 11.3 Å². The largest absolute Gasteiger partial charge is 0.455 e. The first kappa shape index (κ1) is 33.7.